The van der Waals surface area contributed by atoms with Crippen molar-refractivity contribution in [2.45, 2.75) is 25.2 Å². The fourth-order valence-corrected chi connectivity index (χ4v) is 4.10. The van der Waals surface area contributed by atoms with Gasteiger partial charge in [-0.1, -0.05) is 48.0 Å². The molecule has 0 aliphatic carbocycles. The number of H-pyrrole nitrogens is 1. The number of rotatable bonds is 3. The molecule has 0 saturated carbocycles. The molecule has 1 aromatic heterocycles. The Labute approximate surface area is 153 Å². The zero-order chi connectivity index (χ0) is 17.3. The molecule has 1 saturated heterocycles. The van der Waals surface area contributed by atoms with E-state index in [4.69, 9.17) is 11.6 Å². The van der Waals surface area contributed by atoms with Crippen molar-refractivity contribution in [1.82, 2.24) is 15.5 Å². The van der Waals surface area contributed by atoms with Crippen molar-refractivity contribution < 1.29 is 0 Å². The maximum Gasteiger partial charge on any atom is 0.0568 e. The molecule has 0 unspecified atom stereocenters. The maximum absolute atomic E-state index is 6.11. The van der Waals surface area contributed by atoms with Crippen LogP contribution < -0.4 is 5.32 Å². The molecule has 0 amide bonds. The van der Waals surface area contributed by atoms with Gasteiger partial charge in [-0.15, -0.1) is 0 Å². The number of aromatic nitrogens is 2. The minimum Gasteiger partial charge on any atom is -0.317 e. The van der Waals surface area contributed by atoms with Crippen LogP contribution in [0.1, 0.15) is 29.7 Å². The smallest absolute Gasteiger partial charge is 0.0568 e. The fourth-order valence-electron chi connectivity index (χ4n) is 3.98. The number of benzene rings is 2. The average Bonchev–Trinajstić information content (AvgIpc) is 3.09. The number of aryl methyl sites for hydroxylation is 1. The average molecular weight is 352 g/mol. The Morgan fingerprint density at radius 1 is 0.920 bits per heavy atom. The molecule has 4 heteroatoms. The summed E-state index contributed by atoms with van der Waals surface area (Å²) in [5.74, 6) is 0. The molecule has 0 bridgehead atoms. The van der Waals surface area contributed by atoms with Gasteiger partial charge < -0.3 is 5.32 Å². The Hall–Kier alpha value is -2.10. The number of halogens is 1. The highest BCUT2D eigenvalue weighted by molar-refractivity contribution is 6.30. The summed E-state index contributed by atoms with van der Waals surface area (Å²) in [6.07, 6.45) is 4.08. The molecule has 2 N–H and O–H groups in total. The van der Waals surface area contributed by atoms with Gasteiger partial charge in [-0.2, -0.15) is 5.10 Å². The predicted molar refractivity (Wildman–Crippen MR) is 103 cm³/mol. The third kappa shape index (κ3) is 2.99. The van der Waals surface area contributed by atoms with Crippen LogP contribution in [0, 0.1) is 6.92 Å². The SMILES string of the molecule is Cc1[nH]ncc1-c1ccc(C2(c3ccc(Cl)cc3)CCNCC2)cc1. The van der Waals surface area contributed by atoms with Gasteiger partial charge in [-0.05, 0) is 61.7 Å². The molecular weight excluding hydrogens is 330 g/mol. The van der Waals surface area contributed by atoms with Gasteiger partial charge in [0.2, 0.25) is 0 Å². The molecule has 0 atom stereocenters. The van der Waals surface area contributed by atoms with Crippen molar-refractivity contribution in [2.24, 2.45) is 0 Å². The van der Waals surface area contributed by atoms with Gasteiger partial charge in [0.15, 0.2) is 0 Å². The summed E-state index contributed by atoms with van der Waals surface area (Å²) < 4.78 is 0. The summed E-state index contributed by atoms with van der Waals surface area (Å²) in [6, 6.07) is 17.4. The van der Waals surface area contributed by atoms with Crippen molar-refractivity contribution >= 4 is 11.6 Å². The predicted octanol–water partition coefficient (Wildman–Crippen LogP) is 4.71. The quantitative estimate of drug-likeness (QED) is 0.717. The van der Waals surface area contributed by atoms with Crippen LogP contribution in [-0.4, -0.2) is 23.3 Å². The summed E-state index contributed by atoms with van der Waals surface area (Å²) >= 11 is 6.11. The Morgan fingerprint density at radius 2 is 1.52 bits per heavy atom. The lowest BCUT2D eigenvalue weighted by Crippen LogP contribution is -2.40. The van der Waals surface area contributed by atoms with E-state index < -0.39 is 0 Å². The van der Waals surface area contributed by atoms with Gasteiger partial charge in [0.1, 0.15) is 0 Å². The number of aromatic amines is 1. The van der Waals surface area contributed by atoms with Crippen LogP contribution in [-0.2, 0) is 5.41 Å². The van der Waals surface area contributed by atoms with Gasteiger partial charge in [-0.3, -0.25) is 5.10 Å². The van der Waals surface area contributed by atoms with Crippen LogP contribution in [0.25, 0.3) is 11.1 Å². The normalized spacial score (nSPS) is 16.7. The highest BCUT2D eigenvalue weighted by Gasteiger charge is 2.35. The second-order valence-electron chi connectivity index (χ2n) is 6.83. The Kier molecular flexibility index (Phi) is 4.36. The summed E-state index contributed by atoms with van der Waals surface area (Å²) in [4.78, 5) is 0. The van der Waals surface area contributed by atoms with Crippen LogP contribution in [0.2, 0.25) is 5.02 Å². The minimum absolute atomic E-state index is 0.0554. The Balaban J connectivity index is 1.75. The molecule has 0 radical (unpaired) electrons. The van der Waals surface area contributed by atoms with Crippen molar-refractivity contribution in [3.63, 3.8) is 0 Å². The lowest BCUT2D eigenvalue weighted by atomic mass is 9.68. The molecule has 25 heavy (non-hydrogen) atoms. The number of piperidine rings is 1. The minimum atomic E-state index is 0.0554. The molecule has 4 rings (SSSR count). The van der Waals surface area contributed by atoms with Crippen molar-refractivity contribution in [3.05, 3.63) is 76.6 Å². The fraction of sp³-hybridized carbons (Fsp3) is 0.286. The molecule has 3 aromatic rings. The molecule has 2 aromatic carbocycles. The summed E-state index contributed by atoms with van der Waals surface area (Å²) in [5, 5.41) is 11.4. The first-order valence-corrected chi connectivity index (χ1v) is 9.14. The maximum atomic E-state index is 6.11. The lowest BCUT2D eigenvalue weighted by Gasteiger charge is -2.39. The monoisotopic (exact) mass is 351 g/mol. The Morgan fingerprint density at radius 3 is 2.08 bits per heavy atom. The molecule has 0 spiro atoms. The largest absolute Gasteiger partial charge is 0.317 e. The van der Waals surface area contributed by atoms with Crippen LogP contribution in [0.4, 0.5) is 0 Å². The van der Waals surface area contributed by atoms with E-state index in [0.717, 1.165) is 42.2 Å². The number of hydrogen-bond donors (Lipinski definition) is 2. The molecule has 1 aliphatic heterocycles. The van der Waals surface area contributed by atoms with E-state index in [1.165, 1.54) is 16.7 Å². The molecule has 128 valence electrons. The molecule has 1 fully saturated rings. The first-order valence-electron chi connectivity index (χ1n) is 8.77. The second kappa shape index (κ2) is 6.66. The number of hydrogen-bond acceptors (Lipinski definition) is 2. The summed E-state index contributed by atoms with van der Waals surface area (Å²) in [6.45, 7) is 4.12. The number of nitrogens with one attached hydrogen (secondary N) is 2. The zero-order valence-corrected chi connectivity index (χ0v) is 15.1. The van der Waals surface area contributed by atoms with Gasteiger partial charge >= 0.3 is 0 Å². The van der Waals surface area contributed by atoms with Crippen LogP contribution in [0.5, 0.6) is 0 Å². The zero-order valence-electron chi connectivity index (χ0n) is 14.3. The Bertz CT molecular complexity index is 844. The third-order valence-corrected chi connectivity index (χ3v) is 5.68. The lowest BCUT2D eigenvalue weighted by molar-refractivity contribution is 0.362. The van der Waals surface area contributed by atoms with E-state index in [2.05, 4.69) is 58.8 Å². The van der Waals surface area contributed by atoms with Gasteiger partial charge in [0, 0.05) is 21.7 Å². The van der Waals surface area contributed by atoms with Gasteiger partial charge in [0.05, 0.1) is 6.20 Å². The van der Waals surface area contributed by atoms with E-state index in [1.807, 2.05) is 18.3 Å². The van der Waals surface area contributed by atoms with Crippen LogP contribution in [0.3, 0.4) is 0 Å². The van der Waals surface area contributed by atoms with E-state index >= 15 is 0 Å². The standard InChI is InChI=1S/C21H22ClN3/c1-15-20(14-24-25-15)16-2-4-17(5-3-16)21(10-12-23-13-11-21)18-6-8-19(22)9-7-18/h2-9,14,23H,10-13H2,1H3,(H,24,25). The summed E-state index contributed by atoms with van der Waals surface area (Å²) in [5.41, 5.74) is 6.25. The molecule has 1 aliphatic rings. The van der Waals surface area contributed by atoms with Crippen molar-refractivity contribution in [3.8, 4) is 11.1 Å². The van der Waals surface area contributed by atoms with E-state index in [0.29, 0.717) is 0 Å². The van der Waals surface area contributed by atoms with Crippen molar-refractivity contribution in [2.75, 3.05) is 13.1 Å². The first-order chi connectivity index (χ1) is 12.2. The summed E-state index contributed by atoms with van der Waals surface area (Å²) in [7, 11) is 0. The van der Waals surface area contributed by atoms with Gasteiger partial charge in [-0.25, -0.2) is 0 Å². The second-order valence-corrected chi connectivity index (χ2v) is 7.26. The van der Waals surface area contributed by atoms with Crippen LogP contribution >= 0.6 is 11.6 Å². The highest BCUT2D eigenvalue weighted by atomic mass is 35.5. The third-order valence-electron chi connectivity index (χ3n) is 5.43. The highest BCUT2D eigenvalue weighted by Crippen LogP contribution is 2.41. The topological polar surface area (TPSA) is 40.7 Å². The van der Waals surface area contributed by atoms with E-state index in [1.54, 1.807) is 0 Å². The number of nitrogens with zero attached hydrogens (tertiary/aromatic N) is 1. The van der Waals surface area contributed by atoms with E-state index in [-0.39, 0.29) is 5.41 Å². The molecule has 3 nitrogen and oxygen atoms in total. The van der Waals surface area contributed by atoms with Crippen molar-refractivity contribution in [1.29, 1.82) is 0 Å². The van der Waals surface area contributed by atoms with E-state index in [9.17, 15) is 0 Å². The van der Waals surface area contributed by atoms with Gasteiger partial charge in [0.25, 0.3) is 0 Å². The van der Waals surface area contributed by atoms with Crippen LogP contribution in [0.15, 0.2) is 54.7 Å². The molecule has 2 heterocycles. The first kappa shape index (κ1) is 16.4. The molecular formula is C21H22ClN3.